The van der Waals surface area contributed by atoms with Crippen molar-refractivity contribution in [3.63, 3.8) is 0 Å². The molecule has 1 saturated carbocycles. The van der Waals surface area contributed by atoms with Gasteiger partial charge in [-0.1, -0.05) is 69.2 Å². The molecule has 2 aromatic heterocycles. The van der Waals surface area contributed by atoms with Gasteiger partial charge >= 0.3 is 5.97 Å². The molecule has 0 amide bonds. The van der Waals surface area contributed by atoms with Crippen LogP contribution in [0.3, 0.4) is 0 Å². The van der Waals surface area contributed by atoms with Crippen LogP contribution in [0.4, 0.5) is 0 Å². The van der Waals surface area contributed by atoms with Crippen molar-refractivity contribution >= 4 is 38.4 Å². The van der Waals surface area contributed by atoms with Crippen molar-refractivity contribution in [2.75, 3.05) is 6.26 Å². The third kappa shape index (κ3) is 18.0. The van der Waals surface area contributed by atoms with Crippen molar-refractivity contribution in [3.05, 3.63) is 41.8 Å². The smallest absolute Gasteiger partial charge is 0.308 e. The molecule has 1 aromatic carbocycles. The van der Waals surface area contributed by atoms with Crippen LogP contribution in [0.1, 0.15) is 104 Å². The Morgan fingerprint density at radius 1 is 0.884 bits per heavy atom. The van der Waals surface area contributed by atoms with Crippen LogP contribution in [0, 0.1) is 5.92 Å². The number of thiophene rings is 1. The number of carbonyl (C=O) groups is 1. The lowest BCUT2D eigenvalue weighted by atomic mass is 10.2. The van der Waals surface area contributed by atoms with Crippen LogP contribution in [0.5, 0.6) is 5.88 Å². The van der Waals surface area contributed by atoms with E-state index in [1.165, 1.54) is 12.8 Å². The van der Waals surface area contributed by atoms with Crippen LogP contribution in [0.25, 0.3) is 21.6 Å². The van der Waals surface area contributed by atoms with Crippen LogP contribution in [-0.2, 0) is 19.6 Å². The molecule has 1 N–H and O–H groups in total. The lowest BCUT2D eigenvalue weighted by Crippen LogP contribution is -2.28. The molecular formula is C33H61N3O5S2. The molecular weight excluding hydrogens is 583 g/mol. The number of nitrogens with zero attached hydrogens (tertiary/aromatic N) is 2. The zero-order valence-electron chi connectivity index (χ0n) is 23.4. The number of ether oxygens (including phenoxy) is 2. The summed E-state index contributed by atoms with van der Waals surface area (Å²) in [6.07, 6.45) is 6.02. The van der Waals surface area contributed by atoms with Gasteiger partial charge in [0.1, 0.15) is 11.8 Å². The molecule has 1 aliphatic carbocycles. The van der Waals surface area contributed by atoms with Crippen molar-refractivity contribution in [1.82, 2.24) is 14.7 Å². The Kier molecular flexibility index (Phi) is 25.2. The fourth-order valence-corrected chi connectivity index (χ4v) is 5.16. The van der Waals surface area contributed by atoms with E-state index in [1.54, 1.807) is 25.2 Å². The second-order valence-corrected chi connectivity index (χ2v) is 12.8. The van der Waals surface area contributed by atoms with Gasteiger partial charge in [-0.25, -0.2) is 23.1 Å². The van der Waals surface area contributed by atoms with Gasteiger partial charge in [0.2, 0.25) is 15.9 Å². The highest BCUT2D eigenvalue weighted by Crippen LogP contribution is 2.32. The number of benzene rings is 1. The Morgan fingerprint density at radius 2 is 1.42 bits per heavy atom. The number of para-hydroxylation sites is 2. The van der Waals surface area contributed by atoms with Crippen molar-refractivity contribution < 1.29 is 22.7 Å². The summed E-state index contributed by atoms with van der Waals surface area (Å²) in [6, 6.07) is 11.9. The molecule has 0 bridgehead atoms. The summed E-state index contributed by atoms with van der Waals surface area (Å²) < 4.78 is 34.1. The predicted octanol–water partition coefficient (Wildman–Crippen LogP) is 9.40. The van der Waals surface area contributed by atoms with E-state index in [0.717, 1.165) is 40.7 Å². The minimum atomic E-state index is -2.97. The van der Waals surface area contributed by atoms with E-state index < -0.39 is 10.0 Å². The molecule has 0 spiro atoms. The van der Waals surface area contributed by atoms with Gasteiger partial charge in [-0.05, 0) is 77.0 Å². The molecule has 10 heteroatoms. The van der Waals surface area contributed by atoms with Crippen LogP contribution >= 0.6 is 11.3 Å². The molecule has 250 valence electrons. The second-order valence-electron chi connectivity index (χ2n) is 10.1. The van der Waals surface area contributed by atoms with E-state index in [-0.39, 0.29) is 67.3 Å². The van der Waals surface area contributed by atoms with Crippen LogP contribution < -0.4 is 9.46 Å². The van der Waals surface area contributed by atoms with Crippen LogP contribution in [-0.4, -0.2) is 48.9 Å². The van der Waals surface area contributed by atoms with Crippen molar-refractivity contribution in [2.24, 2.45) is 5.92 Å². The Bertz CT molecular complexity index is 1240. The number of hydrogen-bond donors (Lipinski definition) is 1. The zero-order valence-corrected chi connectivity index (χ0v) is 25.1. The van der Waals surface area contributed by atoms with Gasteiger partial charge in [-0.3, -0.25) is 4.79 Å². The highest BCUT2D eigenvalue weighted by Gasteiger charge is 2.20. The van der Waals surface area contributed by atoms with E-state index in [4.69, 9.17) is 14.5 Å². The lowest BCUT2D eigenvalue weighted by Gasteiger charge is -2.12. The van der Waals surface area contributed by atoms with Gasteiger partial charge in [0.05, 0.1) is 34.2 Å². The fourth-order valence-electron chi connectivity index (χ4n) is 3.60. The normalized spacial score (nSPS) is 12.1. The Hall–Kier alpha value is -2.56. The van der Waals surface area contributed by atoms with Gasteiger partial charge in [-0.15, -0.1) is 11.3 Å². The van der Waals surface area contributed by atoms with E-state index >= 15 is 0 Å². The SMILES string of the molecule is C.C.C.C.C.CC(C)C(=O)OC1CCCC1.CC(C)NS(C)(=O)=O.CC(C)Oc1nc2ccccc2nc1-c1cccs1. The zero-order chi connectivity index (χ0) is 28.3. The molecule has 3 aromatic rings. The first kappa shape index (κ1) is 47.4. The standard InChI is InChI=1S/C15H14N2OS.C9H16O2.C4H11NO2S.5CH4/c1-10(2)18-15-14(13-8-5-9-19-13)16-11-6-3-4-7-12(11)17-15;1-7(2)9(10)11-8-5-3-4-6-8;1-4(2)5-8(3,6)7;;;;;/h3-10H,1-2H3;7-8H,3-6H2,1-2H3;4-5H,1-3H3;5*1H4. The molecule has 0 atom stereocenters. The Balaban J connectivity index is -0.000000277. The Labute approximate surface area is 268 Å². The first-order chi connectivity index (χ1) is 17.9. The van der Waals surface area contributed by atoms with Gasteiger partial charge < -0.3 is 9.47 Å². The number of fused-ring (bicyclic) bond motifs is 1. The van der Waals surface area contributed by atoms with Crippen LogP contribution in [0.15, 0.2) is 41.8 Å². The minimum absolute atomic E-state index is 0. The van der Waals surface area contributed by atoms with Crippen molar-refractivity contribution in [2.45, 2.75) is 123 Å². The maximum Gasteiger partial charge on any atom is 0.308 e. The number of aromatic nitrogens is 2. The molecule has 43 heavy (non-hydrogen) atoms. The second kappa shape index (κ2) is 22.9. The largest absolute Gasteiger partial charge is 0.473 e. The molecule has 0 aliphatic heterocycles. The first-order valence-corrected chi connectivity index (χ1v) is 15.8. The molecule has 0 unspecified atom stereocenters. The average molecular weight is 644 g/mol. The summed E-state index contributed by atoms with van der Waals surface area (Å²) in [4.78, 5) is 21.4. The summed E-state index contributed by atoms with van der Waals surface area (Å²) in [5, 5.41) is 2.03. The average Bonchev–Trinajstić information content (AvgIpc) is 3.52. The first-order valence-electron chi connectivity index (χ1n) is 13.0. The molecule has 2 heterocycles. The molecule has 8 nitrogen and oxygen atoms in total. The Morgan fingerprint density at radius 3 is 1.81 bits per heavy atom. The maximum atomic E-state index is 11.1. The summed E-state index contributed by atoms with van der Waals surface area (Å²) in [5.74, 6) is 0.587. The number of esters is 1. The molecule has 4 rings (SSSR count). The number of carbonyl (C=O) groups excluding carboxylic acids is 1. The number of hydrogen-bond acceptors (Lipinski definition) is 8. The summed E-state index contributed by atoms with van der Waals surface area (Å²) in [7, 11) is -2.97. The van der Waals surface area contributed by atoms with E-state index in [2.05, 4.69) is 9.71 Å². The van der Waals surface area contributed by atoms with E-state index in [0.29, 0.717) is 5.88 Å². The third-order valence-corrected chi connectivity index (χ3v) is 6.92. The monoisotopic (exact) mass is 643 g/mol. The van der Waals surface area contributed by atoms with Gasteiger partial charge in [0.25, 0.3) is 0 Å². The predicted molar refractivity (Wildman–Crippen MR) is 189 cm³/mol. The number of sulfonamides is 1. The fraction of sp³-hybridized carbons (Fsp3) is 0.606. The highest BCUT2D eigenvalue weighted by molar-refractivity contribution is 7.88. The molecule has 1 aliphatic rings. The highest BCUT2D eigenvalue weighted by atomic mass is 32.2. The lowest BCUT2D eigenvalue weighted by molar-refractivity contribution is -0.152. The van der Waals surface area contributed by atoms with Crippen molar-refractivity contribution in [3.8, 4) is 16.5 Å². The summed E-state index contributed by atoms with van der Waals surface area (Å²) in [6.45, 7) is 11.3. The van der Waals surface area contributed by atoms with Crippen LogP contribution in [0.2, 0.25) is 0 Å². The van der Waals surface area contributed by atoms with Crippen molar-refractivity contribution in [1.29, 1.82) is 0 Å². The maximum absolute atomic E-state index is 11.1. The third-order valence-electron chi connectivity index (χ3n) is 5.15. The van der Waals surface area contributed by atoms with Gasteiger partial charge in [-0.2, -0.15) is 0 Å². The van der Waals surface area contributed by atoms with E-state index in [9.17, 15) is 13.2 Å². The van der Waals surface area contributed by atoms with Gasteiger partial charge in [0, 0.05) is 6.04 Å². The number of rotatable bonds is 7. The molecule has 0 saturated heterocycles. The van der Waals surface area contributed by atoms with Gasteiger partial charge in [0.15, 0.2) is 0 Å². The quantitative estimate of drug-likeness (QED) is 0.256. The summed E-state index contributed by atoms with van der Waals surface area (Å²) in [5.41, 5.74) is 2.57. The number of nitrogens with one attached hydrogen (secondary N) is 1. The molecule has 1 fully saturated rings. The molecule has 0 radical (unpaired) electrons. The van der Waals surface area contributed by atoms with E-state index in [1.807, 2.05) is 69.5 Å². The topological polar surface area (TPSA) is 107 Å². The summed E-state index contributed by atoms with van der Waals surface area (Å²) >= 11 is 1.64. The minimum Gasteiger partial charge on any atom is -0.473 e.